The smallest absolute Gasteiger partial charge is 0.223 e. The van der Waals surface area contributed by atoms with E-state index in [-0.39, 0.29) is 5.41 Å². The highest BCUT2D eigenvalue weighted by molar-refractivity contribution is 5.12. The van der Waals surface area contributed by atoms with Crippen LogP contribution in [-0.4, -0.2) is 21.9 Å². The molecule has 2 aliphatic carbocycles. The molecule has 2 aliphatic rings. The molecule has 0 spiro atoms. The van der Waals surface area contributed by atoms with Crippen LogP contribution >= 0.6 is 0 Å². The lowest BCUT2D eigenvalue weighted by Crippen LogP contribution is -2.42. The Morgan fingerprint density at radius 2 is 2.29 bits per heavy atom. The van der Waals surface area contributed by atoms with Gasteiger partial charge >= 0.3 is 0 Å². The number of aromatic nitrogens is 2. The number of aryl methyl sites for hydroxylation is 1. The normalized spacial score (nSPS) is 37.1. The van der Waals surface area contributed by atoms with Crippen molar-refractivity contribution in [2.45, 2.75) is 50.9 Å². The average Bonchev–Trinajstić information content (AvgIpc) is 2.77. The molecule has 3 atom stereocenters. The molecule has 0 aromatic carbocycles. The number of aliphatic hydroxyl groups is 1. The highest BCUT2D eigenvalue weighted by atomic mass is 16.5. The predicted octanol–water partition coefficient (Wildman–Crippen LogP) is 2.21. The third-order valence-electron chi connectivity index (χ3n) is 4.78. The molecular weight excluding hydrogens is 216 g/mol. The summed E-state index contributed by atoms with van der Waals surface area (Å²) in [7, 11) is 0. The summed E-state index contributed by atoms with van der Waals surface area (Å²) in [6.45, 7) is 2.19. The van der Waals surface area contributed by atoms with E-state index in [1.807, 2.05) is 6.92 Å². The van der Waals surface area contributed by atoms with E-state index in [4.69, 9.17) is 4.52 Å². The standard InChI is InChI=1S/C13H20N2O2/c1-9-14-12(15-17-9)13-5-2-3-10(7-13)11(8-16)4-6-13/h10-11,16H,2-8H2,1H3. The van der Waals surface area contributed by atoms with E-state index in [0.717, 1.165) is 25.1 Å². The van der Waals surface area contributed by atoms with Gasteiger partial charge in [-0.3, -0.25) is 0 Å². The molecule has 0 radical (unpaired) electrons. The molecule has 3 rings (SSSR count). The second-order valence-corrected chi connectivity index (χ2v) is 5.76. The van der Waals surface area contributed by atoms with Gasteiger partial charge in [0.25, 0.3) is 0 Å². The summed E-state index contributed by atoms with van der Waals surface area (Å²) in [5, 5.41) is 13.6. The molecule has 0 amide bonds. The van der Waals surface area contributed by atoms with Gasteiger partial charge in [0.1, 0.15) is 0 Å². The van der Waals surface area contributed by atoms with Crippen LogP contribution in [0.25, 0.3) is 0 Å². The van der Waals surface area contributed by atoms with Crippen LogP contribution in [0.3, 0.4) is 0 Å². The van der Waals surface area contributed by atoms with Gasteiger partial charge < -0.3 is 9.63 Å². The highest BCUT2D eigenvalue weighted by Crippen LogP contribution is 2.51. The van der Waals surface area contributed by atoms with Crippen LogP contribution < -0.4 is 0 Å². The van der Waals surface area contributed by atoms with Gasteiger partial charge in [0.15, 0.2) is 5.82 Å². The van der Waals surface area contributed by atoms with Crippen LogP contribution in [0.15, 0.2) is 4.52 Å². The molecule has 2 fully saturated rings. The third kappa shape index (κ3) is 1.79. The van der Waals surface area contributed by atoms with Crippen LogP contribution in [-0.2, 0) is 5.41 Å². The Morgan fingerprint density at radius 1 is 1.41 bits per heavy atom. The van der Waals surface area contributed by atoms with E-state index in [2.05, 4.69) is 10.1 Å². The van der Waals surface area contributed by atoms with Gasteiger partial charge in [-0.15, -0.1) is 0 Å². The Morgan fingerprint density at radius 3 is 3.00 bits per heavy atom. The maximum absolute atomic E-state index is 9.41. The number of rotatable bonds is 2. The first-order chi connectivity index (χ1) is 8.23. The van der Waals surface area contributed by atoms with E-state index in [9.17, 15) is 5.11 Å². The fraction of sp³-hybridized carbons (Fsp3) is 0.846. The van der Waals surface area contributed by atoms with E-state index in [1.54, 1.807) is 0 Å². The maximum atomic E-state index is 9.41. The summed E-state index contributed by atoms with van der Waals surface area (Å²) in [4.78, 5) is 4.46. The van der Waals surface area contributed by atoms with Crippen molar-refractivity contribution >= 4 is 0 Å². The molecule has 17 heavy (non-hydrogen) atoms. The zero-order chi connectivity index (χ0) is 11.9. The van der Waals surface area contributed by atoms with Crippen molar-refractivity contribution in [1.29, 1.82) is 0 Å². The van der Waals surface area contributed by atoms with Crippen LogP contribution in [0, 0.1) is 18.8 Å². The lowest BCUT2D eigenvalue weighted by molar-refractivity contribution is 0.0489. The molecule has 4 heteroatoms. The minimum absolute atomic E-state index is 0.145. The monoisotopic (exact) mass is 236 g/mol. The number of hydrogen-bond donors (Lipinski definition) is 1. The van der Waals surface area contributed by atoms with Gasteiger partial charge in [-0.2, -0.15) is 4.98 Å². The predicted molar refractivity (Wildman–Crippen MR) is 62.5 cm³/mol. The van der Waals surface area contributed by atoms with E-state index in [1.165, 1.54) is 19.3 Å². The molecule has 1 N–H and O–H groups in total. The Balaban J connectivity index is 1.88. The van der Waals surface area contributed by atoms with Gasteiger partial charge in [-0.1, -0.05) is 18.0 Å². The van der Waals surface area contributed by atoms with Crippen molar-refractivity contribution in [2.24, 2.45) is 11.8 Å². The summed E-state index contributed by atoms with van der Waals surface area (Å²) in [5.74, 6) is 2.73. The van der Waals surface area contributed by atoms with Crippen molar-refractivity contribution in [3.05, 3.63) is 11.7 Å². The summed E-state index contributed by atoms with van der Waals surface area (Å²) < 4.78 is 5.15. The molecular formula is C13H20N2O2. The third-order valence-corrected chi connectivity index (χ3v) is 4.78. The van der Waals surface area contributed by atoms with Crippen molar-refractivity contribution in [3.63, 3.8) is 0 Å². The van der Waals surface area contributed by atoms with Crippen molar-refractivity contribution in [1.82, 2.24) is 10.1 Å². The maximum Gasteiger partial charge on any atom is 0.223 e. The number of aliphatic hydroxyl groups excluding tert-OH is 1. The highest BCUT2D eigenvalue weighted by Gasteiger charge is 2.46. The van der Waals surface area contributed by atoms with Crippen molar-refractivity contribution in [2.75, 3.05) is 6.61 Å². The Labute approximate surface area is 101 Å². The number of nitrogens with zero attached hydrogens (tertiary/aromatic N) is 2. The molecule has 3 unspecified atom stereocenters. The fourth-order valence-electron chi connectivity index (χ4n) is 3.81. The first kappa shape index (κ1) is 11.2. The SMILES string of the molecule is Cc1nc(C23CCCC(C2)C(CO)CC3)no1. The quantitative estimate of drug-likeness (QED) is 0.855. The largest absolute Gasteiger partial charge is 0.396 e. The summed E-state index contributed by atoms with van der Waals surface area (Å²) in [6.07, 6.45) is 7.01. The average molecular weight is 236 g/mol. The molecule has 0 saturated heterocycles. The minimum atomic E-state index is 0.145. The summed E-state index contributed by atoms with van der Waals surface area (Å²) >= 11 is 0. The Hall–Kier alpha value is -0.900. The molecule has 0 aliphatic heterocycles. The molecule has 2 saturated carbocycles. The molecule has 1 aromatic rings. The molecule has 94 valence electrons. The van der Waals surface area contributed by atoms with E-state index >= 15 is 0 Å². The van der Waals surface area contributed by atoms with E-state index < -0.39 is 0 Å². The second-order valence-electron chi connectivity index (χ2n) is 5.76. The van der Waals surface area contributed by atoms with Gasteiger partial charge in [0.05, 0.1) is 0 Å². The van der Waals surface area contributed by atoms with Crippen molar-refractivity contribution in [3.8, 4) is 0 Å². The van der Waals surface area contributed by atoms with Crippen LogP contribution in [0.5, 0.6) is 0 Å². The van der Waals surface area contributed by atoms with Crippen LogP contribution in [0.2, 0.25) is 0 Å². The van der Waals surface area contributed by atoms with Crippen LogP contribution in [0.1, 0.15) is 50.2 Å². The summed E-state index contributed by atoms with van der Waals surface area (Å²) in [5.41, 5.74) is 0.145. The van der Waals surface area contributed by atoms with Crippen LogP contribution in [0.4, 0.5) is 0 Å². The fourth-order valence-corrected chi connectivity index (χ4v) is 3.81. The second kappa shape index (κ2) is 4.09. The Kier molecular flexibility index (Phi) is 2.69. The van der Waals surface area contributed by atoms with Gasteiger partial charge in [0.2, 0.25) is 5.89 Å². The number of fused-ring (bicyclic) bond motifs is 2. The van der Waals surface area contributed by atoms with Gasteiger partial charge in [-0.05, 0) is 37.5 Å². The van der Waals surface area contributed by atoms with Gasteiger partial charge in [-0.25, -0.2) is 0 Å². The lowest BCUT2D eigenvalue weighted by atomic mass is 9.58. The first-order valence-electron chi connectivity index (χ1n) is 6.65. The van der Waals surface area contributed by atoms with Gasteiger partial charge in [0, 0.05) is 18.9 Å². The zero-order valence-electron chi connectivity index (χ0n) is 10.4. The first-order valence-corrected chi connectivity index (χ1v) is 6.65. The minimum Gasteiger partial charge on any atom is -0.396 e. The topological polar surface area (TPSA) is 59.2 Å². The number of hydrogen-bond acceptors (Lipinski definition) is 4. The zero-order valence-corrected chi connectivity index (χ0v) is 10.4. The Bertz CT molecular complexity index is 404. The molecule has 2 bridgehead atoms. The molecule has 1 aromatic heterocycles. The molecule has 4 nitrogen and oxygen atoms in total. The van der Waals surface area contributed by atoms with E-state index in [0.29, 0.717) is 24.3 Å². The van der Waals surface area contributed by atoms with Crippen molar-refractivity contribution < 1.29 is 9.63 Å². The summed E-state index contributed by atoms with van der Waals surface area (Å²) in [6, 6.07) is 0. The lowest BCUT2D eigenvalue weighted by Gasteiger charge is -2.46. The molecule has 1 heterocycles.